The van der Waals surface area contributed by atoms with Crippen molar-refractivity contribution < 1.29 is 14.6 Å². The summed E-state index contributed by atoms with van der Waals surface area (Å²) < 4.78 is 10.2. The van der Waals surface area contributed by atoms with Crippen LogP contribution in [-0.4, -0.2) is 38.1 Å². The van der Waals surface area contributed by atoms with Gasteiger partial charge in [0, 0.05) is 26.6 Å². The Morgan fingerprint density at radius 1 is 1.58 bits per heavy atom. The maximum atomic E-state index is 9.46. The van der Waals surface area contributed by atoms with Crippen LogP contribution >= 0.6 is 0 Å². The Morgan fingerprint density at radius 3 is 2.75 bits per heavy atom. The van der Waals surface area contributed by atoms with Crippen molar-refractivity contribution in [3.05, 3.63) is 12.2 Å². The summed E-state index contributed by atoms with van der Waals surface area (Å²) >= 11 is 0. The summed E-state index contributed by atoms with van der Waals surface area (Å²) in [6, 6.07) is 0. The van der Waals surface area contributed by atoms with Crippen molar-refractivity contribution in [1.82, 2.24) is 0 Å². The van der Waals surface area contributed by atoms with Crippen LogP contribution in [0, 0.1) is 5.92 Å². The summed E-state index contributed by atoms with van der Waals surface area (Å²) in [5.41, 5.74) is 0.837. The zero-order valence-electron chi connectivity index (χ0n) is 7.62. The van der Waals surface area contributed by atoms with E-state index in [-0.39, 0.29) is 12.0 Å². The highest BCUT2D eigenvalue weighted by molar-refractivity contribution is 5.16. The van der Waals surface area contributed by atoms with E-state index in [0.717, 1.165) is 5.57 Å². The second kappa shape index (κ2) is 4.03. The van der Waals surface area contributed by atoms with Crippen LogP contribution in [0.3, 0.4) is 0 Å². The second-order valence-electron chi connectivity index (χ2n) is 3.16. The highest BCUT2D eigenvalue weighted by Crippen LogP contribution is 2.32. The predicted molar refractivity (Wildman–Crippen MR) is 45.9 cm³/mol. The molecule has 0 bridgehead atoms. The van der Waals surface area contributed by atoms with Gasteiger partial charge in [-0.1, -0.05) is 6.58 Å². The highest BCUT2D eigenvalue weighted by Gasteiger charge is 2.36. The Kier molecular flexibility index (Phi) is 3.26. The van der Waals surface area contributed by atoms with E-state index in [1.165, 1.54) is 0 Å². The van der Waals surface area contributed by atoms with E-state index in [1.54, 1.807) is 14.2 Å². The highest BCUT2D eigenvalue weighted by atomic mass is 16.5. The van der Waals surface area contributed by atoms with Crippen molar-refractivity contribution in [3.63, 3.8) is 0 Å². The number of hydrogen-bond donors (Lipinski definition) is 1. The number of ether oxygens (including phenoxy) is 2. The van der Waals surface area contributed by atoms with Crippen molar-refractivity contribution >= 4 is 0 Å². The van der Waals surface area contributed by atoms with E-state index >= 15 is 0 Å². The normalized spacial score (nSPS) is 35.9. The van der Waals surface area contributed by atoms with Crippen molar-refractivity contribution in [2.45, 2.75) is 18.6 Å². The molecule has 0 unspecified atom stereocenters. The summed E-state index contributed by atoms with van der Waals surface area (Å²) in [6.45, 7) is 4.40. The molecular weight excluding hydrogens is 156 g/mol. The maximum absolute atomic E-state index is 9.46. The molecule has 0 saturated heterocycles. The van der Waals surface area contributed by atoms with Crippen LogP contribution in [-0.2, 0) is 9.47 Å². The average molecular weight is 172 g/mol. The van der Waals surface area contributed by atoms with Crippen molar-refractivity contribution in [1.29, 1.82) is 0 Å². The molecule has 1 aliphatic rings. The van der Waals surface area contributed by atoms with Crippen molar-refractivity contribution in [2.75, 3.05) is 20.8 Å². The molecule has 3 heteroatoms. The standard InChI is InChI=1S/C9H16O3/c1-6-7(5-11-2)9(12-3)4-8(6)10/h7-10H,1,4-5H2,2-3H3/t7-,8+,9-/m0/s1. The second-order valence-corrected chi connectivity index (χ2v) is 3.16. The molecule has 3 atom stereocenters. The molecule has 0 spiro atoms. The zero-order valence-corrected chi connectivity index (χ0v) is 7.62. The molecule has 1 rings (SSSR count). The molecule has 0 aromatic rings. The van der Waals surface area contributed by atoms with Crippen LogP contribution in [0.2, 0.25) is 0 Å². The van der Waals surface area contributed by atoms with Crippen LogP contribution in [0.15, 0.2) is 12.2 Å². The van der Waals surface area contributed by atoms with Crippen LogP contribution in [0.25, 0.3) is 0 Å². The first kappa shape index (κ1) is 9.71. The SMILES string of the molecule is C=C1[C@H](O)C[C@H](OC)[C@H]1COC. The predicted octanol–water partition coefficient (Wildman–Crippen LogP) is 0.585. The summed E-state index contributed by atoms with van der Waals surface area (Å²) in [4.78, 5) is 0. The number of aliphatic hydroxyl groups excluding tert-OH is 1. The molecular formula is C9H16O3. The Balaban J connectivity index is 2.60. The van der Waals surface area contributed by atoms with Gasteiger partial charge in [-0.2, -0.15) is 0 Å². The van der Waals surface area contributed by atoms with Gasteiger partial charge in [-0.3, -0.25) is 0 Å². The minimum atomic E-state index is -0.421. The first-order valence-electron chi connectivity index (χ1n) is 4.09. The Labute approximate surface area is 73.0 Å². The van der Waals surface area contributed by atoms with Gasteiger partial charge >= 0.3 is 0 Å². The molecule has 1 aliphatic carbocycles. The van der Waals surface area contributed by atoms with Gasteiger partial charge < -0.3 is 14.6 Å². The Bertz CT molecular complexity index is 167. The van der Waals surface area contributed by atoms with E-state index in [4.69, 9.17) is 9.47 Å². The fraction of sp³-hybridized carbons (Fsp3) is 0.778. The van der Waals surface area contributed by atoms with E-state index in [0.29, 0.717) is 13.0 Å². The summed E-state index contributed by atoms with van der Waals surface area (Å²) in [6.07, 6.45) is 0.283. The van der Waals surface area contributed by atoms with Crippen molar-refractivity contribution in [2.24, 2.45) is 5.92 Å². The molecule has 70 valence electrons. The van der Waals surface area contributed by atoms with Gasteiger partial charge in [-0.05, 0) is 5.57 Å². The average Bonchev–Trinajstić information content (AvgIpc) is 2.33. The smallest absolute Gasteiger partial charge is 0.0777 e. The molecule has 0 aliphatic heterocycles. The minimum absolute atomic E-state index is 0.0625. The first-order valence-corrected chi connectivity index (χ1v) is 4.09. The Hall–Kier alpha value is -0.380. The minimum Gasteiger partial charge on any atom is -0.389 e. The van der Waals surface area contributed by atoms with E-state index in [1.807, 2.05) is 0 Å². The first-order chi connectivity index (χ1) is 5.70. The third-order valence-corrected chi connectivity index (χ3v) is 2.46. The third kappa shape index (κ3) is 1.68. The third-order valence-electron chi connectivity index (χ3n) is 2.46. The largest absolute Gasteiger partial charge is 0.389 e. The van der Waals surface area contributed by atoms with Crippen LogP contribution in [0.5, 0.6) is 0 Å². The molecule has 0 radical (unpaired) electrons. The maximum Gasteiger partial charge on any atom is 0.0777 e. The summed E-state index contributed by atoms with van der Waals surface area (Å²) in [5, 5.41) is 9.46. The van der Waals surface area contributed by atoms with Gasteiger partial charge in [-0.15, -0.1) is 0 Å². The fourth-order valence-electron chi connectivity index (χ4n) is 1.68. The molecule has 0 amide bonds. The lowest BCUT2D eigenvalue weighted by atomic mass is 10.0. The number of methoxy groups -OCH3 is 2. The molecule has 0 heterocycles. The van der Waals surface area contributed by atoms with Gasteiger partial charge in [0.05, 0.1) is 18.8 Å². The summed E-state index contributed by atoms with van der Waals surface area (Å²) in [5.74, 6) is 0.148. The molecule has 0 aromatic heterocycles. The lowest BCUT2D eigenvalue weighted by Crippen LogP contribution is -2.21. The molecule has 0 aromatic carbocycles. The topological polar surface area (TPSA) is 38.7 Å². The summed E-state index contributed by atoms with van der Waals surface area (Å²) in [7, 11) is 3.29. The lowest BCUT2D eigenvalue weighted by Gasteiger charge is -2.17. The molecule has 1 fully saturated rings. The number of hydrogen-bond acceptors (Lipinski definition) is 3. The van der Waals surface area contributed by atoms with E-state index < -0.39 is 6.10 Å². The zero-order chi connectivity index (χ0) is 9.14. The van der Waals surface area contributed by atoms with Gasteiger partial charge in [-0.25, -0.2) is 0 Å². The fourth-order valence-corrected chi connectivity index (χ4v) is 1.68. The molecule has 1 saturated carbocycles. The van der Waals surface area contributed by atoms with Gasteiger partial charge in [0.15, 0.2) is 0 Å². The molecule has 12 heavy (non-hydrogen) atoms. The van der Waals surface area contributed by atoms with E-state index in [2.05, 4.69) is 6.58 Å². The quantitative estimate of drug-likeness (QED) is 0.633. The molecule has 3 nitrogen and oxygen atoms in total. The number of aliphatic hydroxyl groups is 1. The number of rotatable bonds is 3. The van der Waals surface area contributed by atoms with Crippen LogP contribution < -0.4 is 0 Å². The molecule has 1 N–H and O–H groups in total. The van der Waals surface area contributed by atoms with E-state index in [9.17, 15) is 5.11 Å². The monoisotopic (exact) mass is 172 g/mol. The van der Waals surface area contributed by atoms with Gasteiger partial charge in [0.2, 0.25) is 0 Å². The lowest BCUT2D eigenvalue weighted by molar-refractivity contribution is 0.0375. The van der Waals surface area contributed by atoms with Crippen molar-refractivity contribution in [3.8, 4) is 0 Å². The van der Waals surface area contributed by atoms with Gasteiger partial charge in [0.1, 0.15) is 0 Å². The Morgan fingerprint density at radius 2 is 2.25 bits per heavy atom. The van der Waals surface area contributed by atoms with Crippen LogP contribution in [0.1, 0.15) is 6.42 Å². The van der Waals surface area contributed by atoms with Gasteiger partial charge in [0.25, 0.3) is 0 Å². The van der Waals surface area contributed by atoms with Crippen LogP contribution in [0.4, 0.5) is 0 Å².